The molecule has 4 nitrogen and oxygen atoms in total. The number of halogens is 3. The van der Waals surface area contributed by atoms with E-state index in [-0.39, 0.29) is 12.4 Å². The number of aryl methyl sites for hydroxylation is 2. The summed E-state index contributed by atoms with van der Waals surface area (Å²) in [5.74, 6) is 0.237. The molecule has 0 radical (unpaired) electrons. The molecule has 0 fully saturated rings. The molecule has 1 heterocycles. The van der Waals surface area contributed by atoms with Gasteiger partial charge in [0.25, 0.3) is 0 Å². The number of alkyl halides is 3. The Kier molecular flexibility index (Phi) is 4.41. The molecule has 0 aliphatic rings. The fourth-order valence-electron chi connectivity index (χ4n) is 1.43. The Morgan fingerprint density at radius 2 is 1.71 bits per heavy atom. The molecular formula is C10H14F3N3O. The second-order valence-corrected chi connectivity index (χ2v) is 3.60. The third kappa shape index (κ3) is 4.27. The van der Waals surface area contributed by atoms with Crippen LogP contribution in [0.4, 0.5) is 13.2 Å². The van der Waals surface area contributed by atoms with Crippen LogP contribution in [0.3, 0.4) is 0 Å². The maximum absolute atomic E-state index is 11.9. The monoisotopic (exact) mass is 249 g/mol. The van der Waals surface area contributed by atoms with Crippen LogP contribution < -0.4 is 5.73 Å². The Bertz CT molecular complexity index is 370. The molecule has 0 spiro atoms. The van der Waals surface area contributed by atoms with Crippen LogP contribution in [0.2, 0.25) is 0 Å². The van der Waals surface area contributed by atoms with Gasteiger partial charge < -0.3 is 10.5 Å². The van der Waals surface area contributed by atoms with Crippen molar-refractivity contribution >= 4 is 0 Å². The fraction of sp³-hybridized carbons (Fsp3) is 0.600. The Balaban J connectivity index is 2.67. The van der Waals surface area contributed by atoms with E-state index in [1.54, 1.807) is 13.8 Å². The molecule has 0 bridgehead atoms. The van der Waals surface area contributed by atoms with Crippen molar-refractivity contribution in [2.45, 2.75) is 33.2 Å². The van der Waals surface area contributed by atoms with Crippen molar-refractivity contribution in [3.05, 3.63) is 22.8 Å². The smallest absolute Gasteiger partial charge is 0.364 e. The fourth-order valence-corrected chi connectivity index (χ4v) is 1.43. The van der Waals surface area contributed by atoms with Crippen LogP contribution in [0.15, 0.2) is 0 Å². The van der Waals surface area contributed by atoms with Gasteiger partial charge in [0.2, 0.25) is 0 Å². The van der Waals surface area contributed by atoms with E-state index in [0.717, 1.165) is 5.56 Å². The first kappa shape index (κ1) is 13.9. The summed E-state index contributed by atoms with van der Waals surface area (Å²) in [5, 5.41) is 0. The highest BCUT2D eigenvalue weighted by Crippen LogP contribution is 2.15. The number of nitrogens with zero attached hydrogens (tertiary/aromatic N) is 2. The Morgan fingerprint density at radius 1 is 1.18 bits per heavy atom. The third-order valence-electron chi connectivity index (χ3n) is 2.17. The summed E-state index contributed by atoms with van der Waals surface area (Å²) in [5.41, 5.74) is 7.65. The van der Waals surface area contributed by atoms with E-state index in [0.29, 0.717) is 17.9 Å². The molecular weight excluding hydrogens is 235 g/mol. The molecule has 2 N–H and O–H groups in total. The topological polar surface area (TPSA) is 61.0 Å². The van der Waals surface area contributed by atoms with Gasteiger partial charge in [-0.2, -0.15) is 13.2 Å². The van der Waals surface area contributed by atoms with Crippen LogP contribution >= 0.6 is 0 Å². The predicted molar refractivity (Wildman–Crippen MR) is 55.1 cm³/mol. The number of hydrogen-bond acceptors (Lipinski definition) is 4. The molecule has 1 rings (SSSR count). The van der Waals surface area contributed by atoms with Crippen LogP contribution in [-0.2, 0) is 17.9 Å². The van der Waals surface area contributed by atoms with Gasteiger partial charge in [-0.1, -0.05) is 0 Å². The van der Waals surface area contributed by atoms with Crippen molar-refractivity contribution in [1.82, 2.24) is 9.97 Å². The van der Waals surface area contributed by atoms with Gasteiger partial charge in [-0.25, -0.2) is 9.97 Å². The zero-order valence-electron chi connectivity index (χ0n) is 9.64. The summed E-state index contributed by atoms with van der Waals surface area (Å²) in [6, 6.07) is 0. The SMILES string of the molecule is Cc1nc(COCC(F)(F)F)nc(C)c1CN. The number of ether oxygens (including phenoxy) is 1. The summed E-state index contributed by atoms with van der Waals surface area (Å²) < 4.78 is 40.0. The van der Waals surface area contributed by atoms with E-state index in [9.17, 15) is 13.2 Å². The van der Waals surface area contributed by atoms with Gasteiger partial charge >= 0.3 is 6.18 Å². The van der Waals surface area contributed by atoms with Gasteiger partial charge in [-0.05, 0) is 13.8 Å². The van der Waals surface area contributed by atoms with Gasteiger partial charge in [0.1, 0.15) is 13.2 Å². The zero-order valence-corrected chi connectivity index (χ0v) is 9.64. The first-order chi connectivity index (χ1) is 7.83. The van der Waals surface area contributed by atoms with E-state index >= 15 is 0 Å². The van der Waals surface area contributed by atoms with Crippen molar-refractivity contribution in [3.8, 4) is 0 Å². The van der Waals surface area contributed by atoms with Crippen LogP contribution in [0.5, 0.6) is 0 Å². The summed E-state index contributed by atoms with van der Waals surface area (Å²) >= 11 is 0. The summed E-state index contributed by atoms with van der Waals surface area (Å²) in [6.45, 7) is 2.23. The molecule has 1 aromatic heterocycles. The average Bonchev–Trinajstić information content (AvgIpc) is 2.15. The number of nitrogens with two attached hydrogens (primary N) is 1. The maximum Gasteiger partial charge on any atom is 0.411 e. The van der Waals surface area contributed by atoms with Gasteiger partial charge in [-0.15, -0.1) is 0 Å². The molecule has 7 heteroatoms. The standard InChI is InChI=1S/C10H14F3N3O/c1-6-8(3-14)7(2)16-9(15-6)4-17-5-10(11,12)13/h3-5,14H2,1-2H3. The molecule has 0 aliphatic heterocycles. The highest BCUT2D eigenvalue weighted by Gasteiger charge is 2.27. The van der Waals surface area contributed by atoms with Crippen molar-refractivity contribution in [2.75, 3.05) is 6.61 Å². The van der Waals surface area contributed by atoms with Crippen molar-refractivity contribution in [3.63, 3.8) is 0 Å². The number of aromatic nitrogens is 2. The summed E-state index contributed by atoms with van der Waals surface area (Å²) in [7, 11) is 0. The first-order valence-electron chi connectivity index (χ1n) is 5.01. The minimum absolute atomic E-state index is 0.237. The average molecular weight is 249 g/mol. The lowest BCUT2D eigenvalue weighted by atomic mass is 10.2. The molecule has 96 valence electrons. The normalized spacial score (nSPS) is 11.9. The van der Waals surface area contributed by atoms with Gasteiger partial charge in [0.15, 0.2) is 5.82 Å². The molecule has 0 saturated heterocycles. The van der Waals surface area contributed by atoms with Crippen molar-refractivity contribution in [2.24, 2.45) is 5.73 Å². The lowest BCUT2D eigenvalue weighted by Crippen LogP contribution is -2.18. The van der Waals surface area contributed by atoms with Crippen molar-refractivity contribution in [1.29, 1.82) is 0 Å². The minimum atomic E-state index is -4.33. The number of hydrogen-bond donors (Lipinski definition) is 1. The van der Waals surface area contributed by atoms with Gasteiger partial charge in [0.05, 0.1) is 0 Å². The molecule has 0 aromatic carbocycles. The highest BCUT2D eigenvalue weighted by atomic mass is 19.4. The Morgan fingerprint density at radius 3 is 2.12 bits per heavy atom. The lowest BCUT2D eigenvalue weighted by Gasteiger charge is -2.10. The van der Waals surface area contributed by atoms with Crippen LogP contribution in [-0.4, -0.2) is 22.8 Å². The second-order valence-electron chi connectivity index (χ2n) is 3.60. The Hall–Kier alpha value is -1.21. The summed E-state index contributed by atoms with van der Waals surface area (Å²) in [6.07, 6.45) is -4.33. The largest absolute Gasteiger partial charge is 0.411 e. The minimum Gasteiger partial charge on any atom is -0.364 e. The Labute approximate surface area is 97.0 Å². The molecule has 0 atom stereocenters. The van der Waals surface area contributed by atoms with E-state index in [1.807, 2.05) is 0 Å². The highest BCUT2D eigenvalue weighted by molar-refractivity contribution is 5.23. The molecule has 0 aliphatic carbocycles. The van der Waals surface area contributed by atoms with Crippen molar-refractivity contribution < 1.29 is 17.9 Å². The third-order valence-corrected chi connectivity index (χ3v) is 2.17. The van der Waals surface area contributed by atoms with E-state index in [2.05, 4.69) is 14.7 Å². The van der Waals surface area contributed by atoms with Crippen LogP contribution in [0.1, 0.15) is 22.8 Å². The maximum atomic E-state index is 11.9. The van der Waals surface area contributed by atoms with E-state index < -0.39 is 12.8 Å². The zero-order chi connectivity index (χ0) is 13.1. The van der Waals surface area contributed by atoms with Gasteiger partial charge in [0, 0.05) is 23.5 Å². The molecule has 17 heavy (non-hydrogen) atoms. The quantitative estimate of drug-likeness (QED) is 0.881. The molecule has 0 unspecified atom stereocenters. The molecule has 1 aromatic rings. The molecule has 0 amide bonds. The van der Waals surface area contributed by atoms with Crippen LogP contribution in [0, 0.1) is 13.8 Å². The predicted octanol–water partition coefficient (Wildman–Crippen LogP) is 1.63. The lowest BCUT2D eigenvalue weighted by molar-refractivity contribution is -0.177. The number of rotatable bonds is 4. The summed E-state index contributed by atoms with van der Waals surface area (Å²) in [4.78, 5) is 8.08. The van der Waals surface area contributed by atoms with E-state index in [1.165, 1.54) is 0 Å². The second kappa shape index (κ2) is 5.42. The van der Waals surface area contributed by atoms with Crippen LogP contribution in [0.25, 0.3) is 0 Å². The molecule has 0 saturated carbocycles. The first-order valence-corrected chi connectivity index (χ1v) is 5.01. The van der Waals surface area contributed by atoms with Gasteiger partial charge in [-0.3, -0.25) is 0 Å². The van der Waals surface area contributed by atoms with E-state index in [4.69, 9.17) is 5.73 Å².